The Morgan fingerprint density at radius 1 is 0.563 bits per heavy atom. The minimum atomic E-state index is -0.0491. The topological polar surface area (TPSA) is 6.48 Å². The van der Waals surface area contributed by atoms with Crippen LogP contribution in [0.25, 0.3) is 21.2 Å². The Hall–Kier alpha value is -4.28. The van der Waals surface area contributed by atoms with Crippen molar-refractivity contribution in [1.82, 2.24) is 0 Å². The average molecular weight is 953 g/mol. The monoisotopic (exact) mass is 953 g/mol. The van der Waals surface area contributed by atoms with Crippen LogP contribution in [-0.2, 0) is 37.9 Å². The van der Waals surface area contributed by atoms with Crippen LogP contribution in [0.2, 0.25) is 0 Å². The summed E-state index contributed by atoms with van der Waals surface area (Å²) in [5, 5.41) is 1.47. The molecular formula is C67H77BN2S. The van der Waals surface area contributed by atoms with Gasteiger partial charge in [0.25, 0.3) is 6.71 Å². The molecule has 3 fully saturated rings. The van der Waals surface area contributed by atoms with E-state index in [0.717, 1.165) is 0 Å². The molecule has 3 saturated carbocycles. The van der Waals surface area contributed by atoms with E-state index in [-0.39, 0.29) is 50.2 Å². The highest BCUT2D eigenvalue weighted by molar-refractivity contribution is 7.33. The summed E-state index contributed by atoms with van der Waals surface area (Å²) in [5.74, 6) is 1.43. The number of hydrogen-bond donors (Lipinski definition) is 0. The van der Waals surface area contributed by atoms with E-state index in [9.17, 15) is 0 Å². The zero-order valence-corrected chi connectivity index (χ0v) is 46.3. The van der Waals surface area contributed by atoms with Crippen molar-refractivity contribution in [3.8, 4) is 11.1 Å². The maximum Gasteiger partial charge on any atom is 0.264 e. The summed E-state index contributed by atoms with van der Waals surface area (Å²) in [6, 6.07) is 31.2. The first kappa shape index (κ1) is 44.2. The Bertz CT molecular complexity index is 3390. The van der Waals surface area contributed by atoms with Gasteiger partial charge in [0.1, 0.15) is 0 Å². The molecule has 2 atom stereocenters. The second kappa shape index (κ2) is 13.3. The molecular weight excluding hydrogens is 876 g/mol. The van der Waals surface area contributed by atoms with Gasteiger partial charge in [-0.15, -0.1) is 11.3 Å². The number of fused-ring (bicyclic) bond motifs is 15. The van der Waals surface area contributed by atoms with E-state index in [4.69, 9.17) is 0 Å². The second-order valence-corrected chi connectivity index (χ2v) is 30.2. The first-order chi connectivity index (χ1) is 33.5. The average Bonchev–Trinajstić information content (AvgIpc) is 4.11. The van der Waals surface area contributed by atoms with Crippen molar-refractivity contribution >= 4 is 72.3 Å². The van der Waals surface area contributed by atoms with Gasteiger partial charge in [-0.1, -0.05) is 132 Å². The maximum absolute atomic E-state index is 3.05. The molecule has 1 spiro atoms. The smallest absolute Gasteiger partial charge is 0.264 e. The van der Waals surface area contributed by atoms with Crippen LogP contribution in [0.15, 0.2) is 72.8 Å². The van der Waals surface area contributed by atoms with E-state index >= 15 is 0 Å². The van der Waals surface area contributed by atoms with Gasteiger partial charge in [-0.2, -0.15) is 0 Å². The molecule has 0 N–H and O–H groups in total. The number of nitrogens with zero attached hydrogens (tertiary/aromatic N) is 2. The zero-order valence-electron chi connectivity index (χ0n) is 45.4. The largest absolute Gasteiger partial charge is 0.335 e. The summed E-state index contributed by atoms with van der Waals surface area (Å²) in [6.07, 6.45) is 15.4. The molecule has 2 unspecified atom stereocenters. The highest BCUT2D eigenvalue weighted by atomic mass is 32.1. The van der Waals surface area contributed by atoms with E-state index in [1.165, 1.54) is 127 Å². The molecule has 2 nitrogen and oxygen atoms in total. The Morgan fingerprint density at radius 3 is 1.89 bits per heavy atom. The van der Waals surface area contributed by atoms with Crippen LogP contribution in [0.1, 0.15) is 212 Å². The molecule has 2 bridgehead atoms. The lowest BCUT2D eigenvalue weighted by atomic mass is 9.35. The Balaban J connectivity index is 1.10. The van der Waals surface area contributed by atoms with Crippen molar-refractivity contribution in [2.75, 3.05) is 9.80 Å². The summed E-state index contributed by atoms with van der Waals surface area (Å²) in [5.41, 5.74) is 27.0. The van der Waals surface area contributed by atoms with E-state index in [0.29, 0.717) is 11.8 Å². The number of anilines is 5. The van der Waals surface area contributed by atoms with Gasteiger partial charge in [-0.05, 0) is 213 Å². The third-order valence-corrected chi connectivity index (χ3v) is 24.0. The molecule has 5 aromatic carbocycles. The van der Waals surface area contributed by atoms with Crippen LogP contribution in [0.4, 0.5) is 28.4 Å². The van der Waals surface area contributed by atoms with Crippen molar-refractivity contribution in [2.24, 2.45) is 11.8 Å². The summed E-state index contributed by atoms with van der Waals surface area (Å²) in [4.78, 5) is 5.93. The van der Waals surface area contributed by atoms with Gasteiger partial charge in [0.15, 0.2) is 0 Å². The normalized spacial score (nSPS) is 29.9. The molecule has 4 heterocycles. The molecule has 71 heavy (non-hydrogen) atoms. The summed E-state index contributed by atoms with van der Waals surface area (Å²) in [6.45, 7) is 33.5. The lowest BCUT2D eigenvalue weighted by Gasteiger charge is -2.53. The third-order valence-electron chi connectivity index (χ3n) is 22.8. The van der Waals surface area contributed by atoms with Gasteiger partial charge in [0, 0.05) is 48.4 Å². The van der Waals surface area contributed by atoms with Gasteiger partial charge in [0.2, 0.25) is 0 Å². The number of benzene rings is 5. The van der Waals surface area contributed by atoms with Crippen molar-refractivity contribution in [3.63, 3.8) is 0 Å². The second-order valence-electron chi connectivity index (χ2n) is 29.1. The number of thiophene rings is 1. The van der Waals surface area contributed by atoms with Gasteiger partial charge in [-0.3, -0.25) is 0 Å². The predicted molar refractivity (Wildman–Crippen MR) is 305 cm³/mol. The molecule has 6 aromatic rings. The molecule has 0 amide bonds. The quantitative estimate of drug-likeness (QED) is 0.151. The highest BCUT2D eigenvalue weighted by Crippen LogP contribution is 2.70. The van der Waals surface area contributed by atoms with Gasteiger partial charge in [0.05, 0.1) is 11.2 Å². The molecule has 0 saturated heterocycles. The van der Waals surface area contributed by atoms with E-state index in [1.807, 2.05) is 0 Å². The molecule has 4 heteroatoms. The van der Waals surface area contributed by atoms with E-state index < -0.39 is 0 Å². The van der Waals surface area contributed by atoms with Crippen LogP contribution in [0.5, 0.6) is 0 Å². The van der Waals surface area contributed by atoms with Crippen molar-refractivity contribution in [3.05, 3.63) is 117 Å². The molecule has 9 aliphatic rings. The van der Waals surface area contributed by atoms with Crippen molar-refractivity contribution in [1.29, 1.82) is 0 Å². The lowest BCUT2D eigenvalue weighted by molar-refractivity contribution is 0.191. The van der Waals surface area contributed by atoms with E-state index in [1.54, 1.807) is 60.3 Å². The van der Waals surface area contributed by atoms with E-state index in [2.05, 4.69) is 184 Å². The summed E-state index contributed by atoms with van der Waals surface area (Å²) < 4.78 is 3.04. The molecule has 6 aliphatic carbocycles. The minimum absolute atomic E-state index is 0.0341. The molecule has 0 radical (unpaired) electrons. The fourth-order valence-corrected chi connectivity index (χ4v) is 19.8. The first-order valence-corrected chi connectivity index (χ1v) is 29.2. The van der Waals surface area contributed by atoms with Gasteiger partial charge >= 0.3 is 0 Å². The fraction of sp³-hybridized carbons (Fsp3) is 0.522. The zero-order chi connectivity index (χ0) is 49.1. The molecule has 15 rings (SSSR count). The third kappa shape index (κ3) is 5.15. The van der Waals surface area contributed by atoms with Crippen LogP contribution in [0.3, 0.4) is 0 Å². The van der Waals surface area contributed by atoms with Gasteiger partial charge in [-0.25, -0.2) is 0 Å². The lowest BCUT2D eigenvalue weighted by Crippen LogP contribution is -2.64. The first-order valence-electron chi connectivity index (χ1n) is 28.4. The van der Waals surface area contributed by atoms with Crippen molar-refractivity contribution < 1.29 is 0 Å². The van der Waals surface area contributed by atoms with Crippen LogP contribution < -0.4 is 25.5 Å². The number of rotatable bonds is 1. The minimum Gasteiger partial charge on any atom is -0.335 e. The van der Waals surface area contributed by atoms with Crippen LogP contribution >= 0.6 is 11.3 Å². The van der Waals surface area contributed by atoms with Gasteiger partial charge < -0.3 is 9.80 Å². The predicted octanol–water partition coefficient (Wildman–Crippen LogP) is 16.3. The SMILES string of the molecule is CC(C)(C)c1cc2c3c(c1)N1c4c(cc5c(c4C4(C)CCCCC14C)C(C)(C)CCC5(C)C)B3c1sc3cc4c(cc3c1N2c1ccc2c(c1)C1(c3ccccc3-2)C2CCC1CC2)C(C)(C)CCC4(C)C. The Kier molecular flexibility index (Phi) is 8.30. The van der Waals surface area contributed by atoms with Crippen LogP contribution in [-0.4, -0.2) is 12.3 Å². The van der Waals surface area contributed by atoms with Crippen molar-refractivity contribution in [2.45, 2.75) is 211 Å². The summed E-state index contributed by atoms with van der Waals surface area (Å²) >= 11 is 2.16. The molecule has 364 valence electrons. The fourth-order valence-electron chi connectivity index (χ4n) is 18.5. The summed E-state index contributed by atoms with van der Waals surface area (Å²) in [7, 11) is 0. The standard InChI is InChI=1S/C67H77BN2S/c1-60(2,3)40-32-51-56-52(33-40)70-58-50(36-49-54(64(10,11)31-30-63(49,8)9)55(58)65(12)26-16-17-27-66(65,70)13)68(56)59-57(44-35-47-48(37-53(44)71-59)62(6,7)29-28-61(47,4)5)69(51)41-24-25-43-42-18-14-15-19-45(42)67(46(43)34-41)38-20-21-39(67)23-22-38/h14-15,18-19,24-25,32-39H,16-17,20-23,26-31H2,1-13H3. The number of hydrogen-bond acceptors (Lipinski definition) is 3. The molecule has 1 aromatic heterocycles. The Labute approximate surface area is 430 Å². The maximum atomic E-state index is 3.05. The highest BCUT2D eigenvalue weighted by Gasteiger charge is 2.65. The Morgan fingerprint density at radius 2 is 1.18 bits per heavy atom. The van der Waals surface area contributed by atoms with Crippen LogP contribution in [0, 0.1) is 11.8 Å². The molecule has 3 aliphatic heterocycles.